The first-order chi connectivity index (χ1) is 8.13. The molecule has 0 radical (unpaired) electrons. The van der Waals surface area contributed by atoms with Crippen LogP contribution in [0.15, 0.2) is 12.4 Å². The van der Waals surface area contributed by atoms with E-state index in [-0.39, 0.29) is 35.4 Å². The molecule has 0 bridgehead atoms. The fourth-order valence-corrected chi connectivity index (χ4v) is 1.32. The summed E-state index contributed by atoms with van der Waals surface area (Å²) in [7, 11) is 0. The summed E-state index contributed by atoms with van der Waals surface area (Å²) in [5.41, 5.74) is 5.83. The molecule has 0 saturated carbocycles. The molecular weight excluding hydrogens is 224 g/mol. The summed E-state index contributed by atoms with van der Waals surface area (Å²) in [6.07, 6.45) is 2.91. The maximum atomic E-state index is 11.2. The van der Waals surface area contributed by atoms with Crippen molar-refractivity contribution in [1.29, 1.82) is 0 Å². The molecule has 0 aromatic carbocycles. The summed E-state index contributed by atoms with van der Waals surface area (Å²) >= 11 is 0. The quantitative estimate of drug-likeness (QED) is 0.676. The van der Waals surface area contributed by atoms with E-state index in [0.717, 1.165) is 0 Å². The van der Waals surface area contributed by atoms with Gasteiger partial charge in [0.15, 0.2) is 17.4 Å². The van der Waals surface area contributed by atoms with Crippen molar-refractivity contribution in [3.05, 3.63) is 23.8 Å². The minimum Gasteiger partial charge on any atom is -0.390 e. The fraction of sp³-hybridized carbons (Fsp3) is 0.222. The Labute approximate surface area is 96.1 Å². The zero-order chi connectivity index (χ0) is 12.4. The van der Waals surface area contributed by atoms with Crippen LogP contribution in [0.1, 0.15) is 23.1 Å². The molecule has 0 atom stereocenters. The zero-order valence-corrected chi connectivity index (χ0v) is 9.03. The SMILES string of the molecule is CC(=O)c1nc(CO)c(-n2nccn2)nc1N. The Balaban J connectivity index is 2.61. The van der Waals surface area contributed by atoms with Gasteiger partial charge in [0.2, 0.25) is 0 Å². The van der Waals surface area contributed by atoms with Crippen LogP contribution in [-0.4, -0.2) is 35.9 Å². The maximum Gasteiger partial charge on any atom is 0.200 e. The normalized spacial score (nSPS) is 10.5. The number of aromatic nitrogens is 5. The summed E-state index contributed by atoms with van der Waals surface area (Å²) in [5, 5.41) is 16.9. The molecule has 0 unspecified atom stereocenters. The Morgan fingerprint density at radius 3 is 2.59 bits per heavy atom. The molecule has 8 nitrogen and oxygen atoms in total. The number of nitrogen functional groups attached to an aromatic ring is 1. The Morgan fingerprint density at radius 2 is 2.06 bits per heavy atom. The van der Waals surface area contributed by atoms with E-state index in [9.17, 15) is 9.90 Å². The van der Waals surface area contributed by atoms with Gasteiger partial charge in [-0.05, 0) is 0 Å². The Morgan fingerprint density at radius 1 is 1.41 bits per heavy atom. The number of nitrogens with two attached hydrogens (primary N) is 1. The standard InChI is InChI=1S/C9H10N6O2/c1-5(17)7-8(10)14-9(6(4-16)13-7)15-11-2-3-12-15/h2-3,16H,4H2,1H3,(H2,10,14). The molecule has 3 N–H and O–H groups in total. The topological polar surface area (TPSA) is 120 Å². The van der Waals surface area contributed by atoms with Crippen molar-refractivity contribution in [1.82, 2.24) is 25.0 Å². The van der Waals surface area contributed by atoms with Crippen molar-refractivity contribution in [2.75, 3.05) is 5.73 Å². The first-order valence-corrected chi connectivity index (χ1v) is 4.78. The molecule has 17 heavy (non-hydrogen) atoms. The molecule has 0 amide bonds. The number of aliphatic hydroxyl groups is 1. The highest BCUT2D eigenvalue weighted by Gasteiger charge is 2.16. The highest BCUT2D eigenvalue weighted by Crippen LogP contribution is 2.14. The number of carbonyl (C=O) groups excluding carboxylic acids is 1. The lowest BCUT2D eigenvalue weighted by atomic mass is 10.3. The lowest BCUT2D eigenvalue weighted by Gasteiger charge is -2.08. The van der Waals surface area contributed by atoms with E-state index in [0.29, 0.717) is 0 Å². The van der Waals surface area contributed by atoms with Gasteiger partial charge in [0.25, 0.3) is 0 Å². The van der Waals surface area contributed by atoms with E-state index in [2.05, 4.69) is 20.2 Å². The number of anilines is 1. The van der Waals surface area contributed by atoms with Crippen LogP contribution in [0.2, 0.25) is 0 Å². The summed E-state index contributed by atoms with van der Waals surface area (Å²) in [6, 6.07) is 0. The van der Waals surface area contributed by atoms with Crippen LogP contribution in [0.4, 0.5) is 5.82 Å². The van der Waals surface area contributed by atoms with E-state index in [1.807, 2.05) is 0 Å². The predicted molar refractivity (Wildman–Crippen MR) is 57.3 cm³/mol. The van der Waals surface area contributed by atoms with E-state index < -0.39 is 0 Å². The zero-order valence-electron chi connectivity index (χ0n) is 9.03. The molecule has 0 fully saturated rings. The second-order valence-electron chi connectivity index (χ2n) is 3.26. The molecule has 2 heterocycles. The van der Waals surface area contributed by atoms with Gasteiger partial charge >= 0.3 is 0 Å². The minimum atomic E-state index is -0.384. The van der Waals surface area contributed by atoms with Crippen LogP contribution in [0, 0.1) is 0 Å². The molecule has 2 rings (SSSR count). The highest BCUT2D eigenvalue weighted by molar-refractivity contribution is 5.96. The van der Waals surface area contributed by atoms with Crippen molar-refractivity contribution < 1.29 is 9.90 Å². The third-order valence-electron chi connectivity index (χ3n) is 2.07. The average Bonchev–Trinajstić information content (AvgIpc) is 2.81. The largest absolute Gasteiger partial charge is 0.390 e. The van der Waals surface area contributed by atoms with Gasteiger partial charge in [0, 0.05) is 6.92 Å². The highest BCUT2D eigenvalue weighted by atomic mass is 16.3. The van der Waals surface area contributed by atoms with Crippen molar-refractivity contribution in [3.8, 4) is 5.82 Å². The molecule has 0 saturated heterocycles. The Hall–Kier alpha value is -2.35. The summed E-state index contributed by atoms with van der Waals surface area (Å²) < 4.78 is 0. The van der Waals surface area contributed by atoms with Crippen molar-refractivity contribution in [3.63, 3.8) is 0 Å². The van der Waals surface area contributed by atoms with Gasteiger partial charge in [-0.25, -0.2) is 9.97 Å². The number of aliphatic hydroxyl groups excluding tert-OH is 1. The third-order valence-corrected chi connectivity index (χ3v) is 2.07. The van der Waals surface area contributed by atoms with E-state index in [1.54, 1.807) is 0 Å². The lowest BCUT2D eigenvalue weighted by molar-refractivity contribution is 0.101. The number of Topliss-reactive ketones (excluding diaryl/α,β-unsaturated/α-hetero) is 1. The fourth-order valence-electron chi connectivity index (χ4n) is 1.32. The molecular formula is C9H10N6O2. The second kappa shape index (κ2) is 4.26. The number of hydrogen-bond acceptors (Lipinski definition) is 7. The van der Waals surface area contributed by atoms with E-state index in [1.165, 1.54) is 24.1 Å². The smallest absolute Gasteiger partial charge is 0.200 e. The van der Waals surface area contributed by atoms with Gasteiger partial charge in [0.1, 0.15) is 11.4 Å². The lowest BCUT2D eigenvalue weighted by Crippen LogP contribution is -2.15. The van der Waals surface area contributed by atoms with Gasteiger partial charge in [-0.1, -0.05) is 0 Å². The Kier molecular flexibility index (Phi) is 2.79. The Bertz CT molecular complexity index is 551. The average molecular weight is 234 g/mol. The van der Waals surface area contributed by atoms with Gasteiger partial charge in [-0.2, -0.15) is 10.2 Å². The van der Waals surface area contributed by atoms with Crippen LogP contribution in [0.5, 0.6) is 0 Å². The maximum absolute atomic E-state index is 11.2. The number of rotatable bonds is 3. The molecule has 0 aliphatic heterocycles. The van der Waals surface area contributed by atoms with Crippen LogP contribution in [0.3, 0.4) is 0 Å². The van der Waals surface area contributed by atoms with Crippen LogP contribution >= 0.6 is 0 Å². The summed E-state index contributed by atoms with van der Waals surface area (Å²) in [6.45, 7) is 0.942. The first-order valence-electron chi connectivity index (χ1n) is 4.78. The van der Waals surface area contributed by atoms with Gasteiger partial charge in [-0.15, -0.1) is 4.80 Å². The second-order valence-corrected chi connectivity index (χ2v) is 3.26. The van der Waals surface area contributed by atoms with Crippen LogP contribution in [-0.2, 0) is 6.61 Å². The molecule has 8 heteroatoms. The number of nitrogens with zero attached hydrogens (tertiary/aromatic N) is 5. The number of ketones is 1. The van der Waals surface area contributed by atoms with Crippen molar-refractivity contribution in [2.45, 2.75) is 13.5 Å². The summed E-state index contributed by atoms with van der Waals surface area (Å²) in [4.78, 5) is 20.3. The van der Waals surface area contributed by atoms with Crippen LogP contribution < -0.4 is 5.73 Å². The van der Waals surface area contributed by atoms with E-state index >= 15 is 0 Å². The van der Waals surface area contributed by atoms with Crippen LogP contribution in [0.25, 0.3) is 5.82 Å². The molecule has 0 aliphatic rings. The summed E-state index contributed by atoms with van der Waals surface area (Å²) in [5.74, 6) is -0.119. The monoisotopic (exact) mass is 234 g/mol. The first kappa shape index (κ1) is 11.1. The van der Waals surface area contributed by atoms with Crippen molar-refractivity contribution in [2.24, 2.45) is 0 Å². The van der Waals surface area contributed by atoms with Gasteiger partial charge in [0.05, 0.1) is 19.0 Å². The van der Waals surface area contributed by atoms with Crippen molar-refractivity contribution >= 4 is 11.6 Å². The molecule has 2 aromatic heterocycles. The molecule has 88 valence electrons. The molecule has 0 aliphatic carbocycles. The van der Waals surface area contributed by atoms with Gasteiger partial charge < -0.3 is 10.8 Å². The number of carbonyl (C=O) groups is 1. The molecule has 2 aromatic rings. The number of hydrogen-bond donors (Lipinski definition) is 2. The minimum absolute atomic E-state index is 0.0120. The third kappa shape index (κ3) is 1.97. The molecule has 0 spiro atoms. The van der Waals surface area contributed by atoms with Gasteiger partial charge in [-0.3, -0.25) is 4.79 Å². The predicted octanol–water partition coefficient (Wildman–Crippen LogP) is -0.666. The van der Waals surface area contributed by atoms with E-state index in [4.69, 9.17) is 5.73 Å².